The molecule has 1 saturated heterocycles. The molecular weight excluding hydrogens is 355 g/mol. The first-order valence-corrected chi connectivity index (χ1v) is 8.65. The quantitative estimate of drug-likeness (QED) is 0.767. The zero-order valence-electron chi connectivity index (χ0n) is 14.9. The van der Waals surface area contributed by atoms with Crippen LogP contribution in [-0.2, 0) is 11.0 Å². The minimum Gasteiger partial charge on any atom is -0.353 e. The fraction of sp³-hybridized carbons (Fsp3) is 0.300. The van der Waals surface area contributed by atoms with Crippen LogP contribution in [0.25, 0.3) is 6.08 Å². The van der Waals surface area contributed by atoms with Gasteiger partial charge in [0, 0.05) is 38.5 Å². The molecule has 0 aliphatic carbocycles. The number of alkyl halides is 3. The molecule has 1 aliphatic rings. The summed E-state index contributed by atoms with van der Waals surface area (Å²) in [6.45, 7) is 4.54. The van der Waals surface area contributed by atoms with E-state index in [1.165, 1.54) is 24.3 Å². The molecule has 2 aromatic rings. The fourth-order valence-corrected chi connectivity index (χ4v) is 3.00. The molecule has 0 unspecified atom stereocenters. The first kappa shape index (κ1) is 18.9. The highest BCUT2D eigenvalue weighted by Gasteiger charge is 2.29. The number of aromatic nitrogens is 1. The molecule has 0 bridgehead atoms. The number of nitrogens with zero attached hydrogens (tertiary/aromatic N) is 3. The van der Waals surface area contributed by atoms with E-state index in [4.69, 9.17) is 0 Å². The third-order valence-electron chi connectivity index (χ3n) is 4.53. The number of pyridine rings is 1. The second kappa shape index (κ2) is 7.82. The molecule has 142 valence electrons. The number of amides is 1. The number of rotatable bonds is 3. The van der Waals surface area contributed by atoms with E-state index in [9.17, 15) is 18.0 Å². The Bertz CT molecular complexity index is 823. The van der Waals surface area contributed by atoms with E-state index < -0.39 is 11.7 Å². The van der Waals surface area contributed by atoms with Crippen LogP contribution in [0, 0.1) is 6.92 Å². The zero-order valence-corrected chi connectivity index (χ0v) is 14.9. The molecule has 7 heteroatoms. The summed E-state index contributed by atoms with van der Waals surface area (Å²) in [5, 5.41) is 0. The second-order valence-electron chi connectivity index (χ2n) is 6.41. The Hall–Kier alpha value is -2.83. The maximum absolute atomic E-state index is 12.6. The van der Waals surface area contributed by atoms with Gasteiger partial charge in [0.05, 0.1) is 5.56 Å². The minimum atomic E-state index is -4.36. The van der Waals surface area contributed by atoms with Crippen LogP contribution in [0.5, 0.6) is 0 Å². The molecule has 1 fully saturated rings. The van der Waals surface area contributed by atoms with Crippen molar-refractivity contribution in [2.24, 2.45) is 0 Å². The number of piperazine rings is 1. The van der Waals surface area contributed by atoms with Gasteiger partial charge in [-0.15, -0.1) is 0 Å². The summed E-state index contributed by atoms with van der Waals surface area (Å²) in [6.07, 6.45) is 0.346. The first-order valence-electron chi connectivity index (χ1n) is 8.65. The van der Waals surface area contributed by atoms with Crippen molar-refractivity contribution in [2.75, 3.05) is 31.1 Å². The van der Waals surface area contributed by atoms with Gasteiger partial charge in [-0.05, 0) is 42.3 Å². The summed E-state index contributed by atoms with van der Waals surface area (Å²) in [5.74, 6) is 0.789. The van der Waals surface area contributed by atoms with Crippen molar-refractivity contribution in [3.05, 3.63) is 65.4 Å². The highest BCUT2D eigenvalue weighted by molar-refractivity contribution is 5.92. The molecule has 0 N–H and O–H groups in total. The minimum absolute atomic E-state index is 0.146. The maximum Gasteiger partial charge on any atom is 0.416 e. The lowest BCUT2D eigenvalue weighted by molar-refractivity contribution is -0.137. The van der Waals surface area contributed by atoms with E-state index in [0.717, 1.165) is 23.5 Å². The van der Waals surface area contributed by atoms with Gasteiger partial charge in [0.2, 0.25) is 5.91 Å². The smallest absolute Gasteiger partial charge is 0.353 e. The second-order valence-corrected chi connectivity index (χ2v) is 6.41. The molecule has 1 amide bonds. The molecular formula is C20H20F3N3O. The molecule has 0 radical (unpaired) electrons. The van der Waals surface area contributed by atoms with E-state index >= 15 is 0 Å². The molecule has 1 aromatic heterocycles. The predicted octanol–water partition coefficient (Wildman–Crippen LogP) is 3.77. The average molecular weight is 375 g/mol. The van der Waals surface area contributed by atoms with E-state index in [1.54, 1.807) is 11.1 Å². The molecule has 0 atom stereocenters. The molecule has 4 nitrogen and oxygen atoms in total. The Morgan fingerprint density at radius 2 is 1.74 bits per heavy atom. The maximum atomic E-state index is 12.6. The van der Waals surface area contributed by atoms with Gasteiger partial charge >= 0.3 is 6.18 Å². The van der Waals surface area contributed by atoms with Crippen molar-refractivity contribution in [3.8, 4) is 0 Å². The average Bonchev–Trinajstić information content (AvgIpc) is 2.66. The van der Waals surface area contributed by atoms with E-state index in [0.29, 0.717) is 31.7 Å². The Kier molecular flexibility index (Phi) is 5.48. The predicted molar refractivity (Wildman–Crippen MR) is 98.2 cm³/mol. The van der Waals surface area contributed by atoms with Crippen LogP contribution in [0.3, 0.4) is 0 Å². The van der Waals surface area contributed by atoms with Gasteiger partial charge in [0.25, 0.3) is 0 Å². The van der Waals surface area contributed by atoms with Crippen LogP contribution >= 0.6 is 0 Å². The number of hydrogen-bond acceptors (Lipinski definition) is 3. The summed E-state index contributed by atoms with van der Waals surface area (Å²) >= 11 is 0. The summed E-state index contributed by atoms with van der Waals surface area (Å²) in [5.41, 5.74) is 0.950. The highest BCUT2D eigenvalue weighted by atomic mass is 19.4. The lowest BCUT2D eigenvalue weighted by Crippen LogP contribution is -2.48. The molecule has 0 spiro atoms. The lowest BCUT2D eigenvalue weighted by atomic mass is 10.1. The normalized spacial score (nSPS) is 15.4. The standard InChI is InChI=1S/C20H20F3N3O/c1-15-3-2-10-24-19(15)26-13-11-25(12-14-26)18(27)9-6-16-4-7-17(8-5-16)20(21,22)23/h2-10H,11-14H2,1H3. The van der Waals surface area contributed by atoms with Crippen LogP contribution < -0.4 is 4.90 Å². The summed E-state index contributed by atoms with van der Waals surface area (Å²) < 4.78 is 37.7. The van der Waals surface area contributed by atoms with Crippen LogP contribution in [0.1, 0.15) is 16.7 Å². The van der Waals surface area contributed by atoms with Gasteiger partial charge in [0.15, 0.2) is 0 Å². The van der Waals surface area contributed by atoms with Gasteiger partial charge < -0.3 is 9.80 Å². The summed E-state index contributed by atoms with van der Waals surface area (Å²) in [7, 11) is 0. The van der Waals surface area contributed by atoms with Crippen molar-refractivity contribution in [3.63, 3.8) is 0 Å². The number of aryl methyl sites for hydroxylation is 1. The Morgan fingerprint density at radius 3 is 2.33 bits per heavy atom. The van der Waals surface area contributed by atoms with E-state index in [-0.39, 0.29) is 5.91 Å². The number of carbonyl (C=O) groups excluding carboxylic acids is 1. The lowest BCUT2D eigenvalue weighted by Gasteiger charge is -2.35. The Morgan fingerprint density at radius 1 is 1.07 bits per heavy atom. The van der Waals surface area contributed by atoms with Gasteiger partial charge in [-0.25, -0.2) is 4.98 Å². The van der Waals surface area contributed by atoms with Gasteiger partial charge in [-0.3, -0.25) is 4.79 Å². The van der Waals surface area contributed by atoms with E-state index in [1.807, 2.05) is 19.1 Å². The fourth-order valence-electron chi connectivity index (χ4n) is 3.00. The number of anilines is 1. The molecule has 2 heterocycles. The number of halogens is 3. The summed E-state index contributed by atoms with van der Waals surface area (Å²) in [4.78, 5) is 20.6. The van der Waals surface area contributed by atoms with Crippen molar-refractivity contribution < 1.29 is 18.0 Å². The van der Waals surface area contributed by atoms with Gasteiger partial charge in [0.1, 0.15) is 5.82 Å². The van der Waals surface area contributed by atoms with Crippen molar-refractivity contribution in [2.45, 2.75) is 13.1 Å². The van der Waals surface area contributed by atoms with Gasteiger partial charge in [-0.1, -0.05) is 18.2 Å². The third kappa shape index (κ3) is 4.67. The summed E-state index contributed by atoms with van der Waals surface area (Å²) in [6, 6.07) is 8.64. The van der Waals surface area contributed by atoms with E-state index in [2.05, 4.69) is 9.88 Å². The Labute approximate surface area is 155 Å². The SMILES string of the molecule is Cc1cccnc1N1CCN(C(=O)C=Cc2ccc(C(F)(F)F)cc2)CC1. The monoisotopic (exact) mass is 375 g/mol. The topological polar surface area (TPSA) is 36.4 Å². The van der Waals surface area contributed by atoms with Crippen LogP contribution in [0.2, 0.25) is 0 Å². The molecule has 1 aliphatic heterocycles. The largest absolute Gasteiger partial charge is 0.416 e. The molecule has 3 rings (SSSR count). The molecule has 1 aromatic carbocycles. The van der Waals surface area contributed by atoms with Crippen LogP contribution in [0.4, 0.5) is 19.0 Å². The highest BCUT2D eigenvalue weighted by Crippen LogP contribution is 2.29. The van der Waals surface area contributed by atoms with Crippen molar-refractivity contribution in [1.82, 2.24) is 9.88 Å². The van der Waals surface area contributed by atoms with Crippen molar-refractivity contribution in [1.29, 1.82) is 0 Å². The third-order valence-corrected chi connectivity index (χ3v) is 4.53. The zero-order chi connectivity index (χ0) is 19.4. The van der Waals surface area contributed by atoms with Crippen LogP contribution in [-0.4, -0.2) is 42.0 Å². The number of benzene rings is 1. The van der Waals surface area contributed by atoms with Crippen molar-refractivity contribution >= 4 is 17.8 Å². The van der Waals surface area contributed by atoms with Gasteiger partial charge in [-0.2, -0.15) is 13.2 Å². The molecule has 0 saturated carbocycles. The number of hydrogen-bond donors (Lipinski definition) is 0. The Balaban J connectivity index is 1.56. The molecule has 27 heavy (non-hydrogen) atoms. The number of carbonyl (C=O) groups is 1. The van der Waals surface area contributed by atoms with Crippen LogP contribution in [0.15, 0.2) is 48.7 Å². The first-order chi connectivity index (χ1) is 12.8.